The molecule has 0 radical (unpaired) electrons. The van der Waals surface area contributed by atoms with Crippen LogP contribution in [0, 0.1) is 5.92 Å². The van der Waals surface area contributed by atoms with Crippen molar-refractivity contribution in [1.82, 2.24) is 9.80 Å². The predicted molar refractivity (Wildman–Crippen MR) is 91.6 cm³/mol. The summed E-state index contributed by atoms with van der Waals surface area (Å²) in [6, 6.07) is 1.28. The molecule has 2 saturated carbocycles. The molecule has 136 valence electrons. The summed E-state index contributed by atoms with van der Waals surface area (Å²) in [6.07, 6.45) is 9.24. The average Bonchev–Trinajstić information content (AvgIpc) is 3.04. The van der Waals surface area contributed by atoms with E-state index in [2.05, 4.69) is 16.7 Å². The zero-order valence-electron chi connectivity index (χ0n) is 15.2. The van der Waals surface area contributed by atoms with E-state index in [0.717, 1.165) is 19.5 Å². The molecule has 5 nitrogen and oxygen atoms in total. The Hall–Kier alpha value is -0.650. The van der Waals surface area contributed by atoms with Crippen LogP contribution in [0.4, 0.5) is 0 Å². The van der Waals surface area contributed by atoms with Gasteiger partial charge in [0.1, 0.15) is 6.79 Å². The van der Waals surface area contributed by atoms with Crippen molar-refractivity contribution in [3.8, 4) is 0 Å². The summed E-state index contributed by atoms with van der Waals surface area (Å²) in [7, 11) is 0. The van der Waals surface area contributed by atoms with Crippen LogP contribution in [-0.2, 0) is 14.3 Å². The van der Waals surface area contributed by atoms with Crippen LogP contribution >= 0.6 is 0 Å². The third-order valence-electron chi connectivity index (χ3n) is 6.76. The third-order valence-corrected chi connectivity index (χ3v) is 6.76. The molecular weight excluding hydrogens is 304 g/mol. The van der Waals surface area contributed by atoms with Crippen LogP contribution in [0.3, 0.4) is 0 Å². The lowest BCUT2D eigenvalue weighted by molar-refractivity contribution is -0.143. The van der Waals surface area contributed by atoms with Crippen LogP contribution in [0.1, 0.15) is 58.8 Å². The first-order chi connectivity index (χ1) is 11.6. The Morgan fingerprint density at radius 2 is 1.83 bits per heavy atom. The van der Waals surface area contributed by atoms with Crippen LogP contribution in [0.2, 0.25) is 0 Å². The largest absolute Gasteiger partial charge is 0.349 e. The fourth-order valence-electron chi connectivity index (χ4n) is 5.82. The zero-order chi connectivity index (χ0) is 16.7. The van der Waals surface area contributed by atoms with Crippen molar-refractivity contribution in [3.05, 3.63) is 0 Å². The van der Waals surface area contributed by atoms with Gasteiger partial charge in [-0.05, 0) is 32.6 Å². The summed E-state index contributed by atoms with van der Waals surface area (Å²) in [5, 5.41) is 0. The summed E-state index contributed by atoms with van der Waals surface area (Å²) >= 11 is 0. The van der Waals surface area contributed by atoms with E-state index in [1.54, 1.807) is 6.92 Å². The summed E-state index contributed by atoms with van der Waals surface area (Å²) in [6.45, 7) is 6.56. The van der Waals surface area contributed by atoms with Crippen molar-refractivity contribution in [3.63, 3.8) is 0 Å². The minimum Gasteiger partial charge on any atom is -0.349 e. The Balaban J connectivity index is 1.49. The molecule has 2 aliphatic heterocycles. The first-order valence-corrected chi connectivity index (χ1v) is 9.91. The van der Waals surface area contributed by atoms with Crippen molar-refractivity contribution in [1.29, 1.82) is 0 Å². The second-order valence-corrected chi connectivity index (χ2v) is 8.29. The van der Waals surface area contributed by atoms with E-state index in [9.17, 15) is 4.79 Å². The van der Waals surface area contributed by atoms with Gasteiger partial charge in [0, 0.05) is 44.1 Å². The highest BCUT2D eigenvalue weighted by atomic mass is 16.7. The molecule has 0 aromatic rings. The van der Waals surface area contributed by atoms with Gasteiger partial charge in [0.25, 0.3) is 0 Å². The van der Waals surface area contributed by atoms with E-state index in [4.69, 9.17) is 9.47 Å². The van der Waals surface area contributed by atoms with Crippen molar-refractivity contribution in [2.45, 2.75) is 89.1 Å². The number of fused-ring (bicyclic) bond motifs is 2. The number of piperazine rings is 1. The molecule has 1 amide bonds. The number of carbonyl (C=O) groups excluding carboxylic acids is 1. The van der Waals surface area contributed by atoms with Gasteiger partial charge in [-0.2, -0.15) is 0 Å². The highest BCUT2D eigenvalue weighted by Gasteiger charge is 2.45. The minimum atomic E-state index is 0.254. The second-order valence-electron chi connectivity index (χ2n) is 8.29. The number of amides is 1. The lowest BCUT2D eigenvalue weighted by Gasteiger charge is -2.54. The molecule has 0 aromatic carbocycles. The fourth-order valence-corrected chi connectivity index (χ4v) is 5.82. The standard InChI is InChI=1S/C19H32N2O3/c1-13-10-20(11-15-6-5-9-18-19(15)24-12-23-18)16-7-3-4-8-17(16)21(13)14(2)22/h13,15-19H,3-12H2,1-2H3/t13-,15?,16?,17?,18?,19?/m0/s1. The Kier molecular flexibility index (Phi) is 4.85. The van der Waals surface area contributed by atoms with Crippen LogP contribution in [0.5, 0.6) is 0 Å². The van der Waals surface area contributed by atoms with Gasteiger partial charge >= 0.3 is 0 Å². The molecule has 4 aliphatic rings. The molecule has 6 atom stereocenters. The number of rotatable bonds is 2. The van der Waals surface area contributed by atoms with Gasteiger partial charge in [0.15, 0.2) is 0 Å². The number of nitrogens with zero attached hydrogens (tertiary/aromatic N) is 2. The lowest BCUT2D eigenvalue weighted by atomic mass is 9.81. The van der Waals surface area contributed by atoms with Crippen LogP contribution in [-0.4, -0.2) is 65.9 Å². The number of carbonyl (C=O) groups is 1. The smallest absolute Gasteiger partial charge is 0.220 e. The normalized spacial score (nSPS) is 43.3. The van der Waals surface area contributed by atoms with Crippen LogP contribution in [0.15, 0.2) is 0 Å². The summed E-state index contributed by atoms with van der Waals surface area (Å²) in [5.41, 5.74) is 0. The van der Waals surface area contributed by atoms with Crippen molar-refractivity contribution >= 4 is 5.91 Å². The molecular formula is C19H32N2O3. The maximum atomic E-state index is 12.2. The quantitative estimate of drug-likeness (QED) is 0.776. The van der Waals surface area contributed by atoms with Gasteiger partial charge < -0.3 is 14.4 Å². The number of hydrogen-bond acceptors (Lipinski definition) is 4. The Bertz CT molecular complexity index is 472. The minimum absolute atomic E-state index is 0.254. The Labute approximate surface area is 145 Å². The highest BCUT2D eigenvalue weighted by molar-refractivity contribution is 5.74. The highest BCUT2D eigenvalue weighted by Crippen LogP contribution is 2.37. The summed E-state index contributed by atoms with van der Waals surface area (Å²) < 4.78 is 11.7. The third kappa shape index (κ3) is 2.99. The van der Waals surface area contributed by atoms with Gasteiger partial charge in [-0.3, -0.25) is 9.69 Å². The maximum absolute atomic E-state index is 12.2. The van der Waals surface area contributed by atoms with Gasteiger partial charge in [0.05, 0.1) is 12.2 Å². The number of hydrogen-bond donors (Lipinski definition) is 0. The second kappa shape index (κ2) is 6.93. The van der Waals surface area contributed by atoms with E-state index < -0.39 is 0 Å². The molecule has 2 heterocycles. The monoisotopic (exact) mass is 336 g/mol. The van der Waals surface area contributed by atoms with Crippen molar-refractivity contribution in [2.75, 3.05) is 19.9 Å². The molecule has 0 spiro atoms. The van der Waals surface area contributed by atoms with Crippen molar-refractivity contribution in [2.24, 2.45) is 5.92 Å². The van der Waals surface area contributed by atoms with Gasteiger partial charge in [-0.1, -0.05) is 19.3 Å². The van der Waals surface area contributed by atoms with Gasteiger partial charge in [0.2, 0.25) is 5.91 Å². The zero-order valence-corrected chi connectivity index (χ0v) is 15.2. The molecule has 2 aliphatic carbocycles. The van der Waals surface area contributed by atoms with Gasteiger partial charge in [-0.15, -0.1) is 0 Å². The van der Waals surface area contributed by atoms with Crippen molar-refractivity contribution < 1.29 is 14.3 Å². The fraction of sp³-hybridized carbons (Fsp3) is 0.947. The van der Waals surface area contributed by atoms with Crippen LogP contribution < -0.4 is 0 Å². The van der Waals surface area contributed by atoms with E-state index >= 15 is 0 Å². The molecule has 5 unspecified atom stereocenters. The maximum Gasteiger partial charge on any atom is 0.220 e. The lowest BCUT2D eigenvalue weighted by Crippen LogP contribution is -2.66. The van der Waals surface area contributed by atoms with E-state index in [1.165, 1.54) is 38.5 Å². The molecule has 0 aromatic heterocycles. The predicted octanol–water partition coefficient (Wildman–Crippen LogP) is 2.39. The molecule has 24 heavy (non-hydrogen) atoms. The Morgan fingerprint density at radius 1 is 1.04 bits per heavy atom. The molecule has 4 rings (SSSR count). The molecule has 5 heteroatoms. The topological polar surface area (TPSA) is 42.0 Å². The van der Waals surface area contributed by atoms with E-state index in [1.807, 2.05) is 0 Å². The van der Waals surface area contributed by atoms with Gasteiger partial charge in [-0.25, -0.2) is 0 Å². The molecule has 0 bridgehead atoms. The van der Waals surface area contributed by atoms with Crippen LogP contribution in [0.25, 0.3) is 0 Å². The number of ether oxygens (including phenoxy) is 2. The molecule has 2 saturated heterocycles. The van der Waals surface area contributed by atoms with E-state index in [0.29, 0.717) is 43.0 Å². The van der Waals surface area contributed by atoms with E-state index in [-0.39, 0.29) is 5.91 Å². The SMILES string of the molecule is CC(=O)N1C2CCCCC2N(CC2CCCC3OCOC23)C[C@@H]1C. The average molecular weight is 336 g/mol. The molecule has 4 fully saturated rings. The molecule has 0 N–H and O–H groups in total. The summed E-state index contributed by atoms with van der Waals surface area (Å²) in [4.78, 5) is 17.1. The first kappa shape index (κ1) is 16.8. The Morgan fingerprint density at radius 3 is 2.62 bits per heavy atom. The summed E-state index contributed by atoms with van der Waals surface area (Å²) in [5.74, 6) is 0.842. The first-order valence-electron chi connectivity index (χ1n) is 9.91.